The summed E-state index contributed by atoms with van der Waals surface area (Å²) in [6.45, 7) is 2.14. The maximum Gasteiger partial charge on any atom is 0.251 e. The molecule has 1 aromatic carbocycles. The molecule has 1 aliphatic rings. The lowest BCUT2D eigenvalue weighted by atomic mass is 9.93. The largest absolute Gasteiger partial charge is 0.349 e. The first-order chi connectivity index (χ1) is 9.70. The van der Waals surface area contributed by atoms with E-state index in [9.17, 15) is 4.79 Å². The molecule has 1 aliphatic carbocycles. The van der Waals surface area contributed by atoms with Gasteiger partial charge in [-0.05, 0) is 43.4 Å². The number of alkyl halides is 1. The predicted octanol–water partition coefficient (Wildman–Crippen LogP) is 4.51. The van der Waals surface area contributed by atoms with Crippen LogP contribution in [0, 0.1) is 5.92 Å². The fraction of sp³-hybridized carbons (Fsp3) is 0.588. The molecule has 1 saturated carbocycles. The fourth-order valence-corrected chi connectivity index (χ4v) is 3.14. The number of nitrogens with one attached hydrogen (secondary N) is 1. The molecule has 0 aromatic heterocycles. The normalized spacial score (nSPS) is 18.3. The molecule has 0 heterocycles. The van der Waals surface area contributed by atoms with Gasteiger partial charge in [0.1, 0.15) is 0 Å². The number of carbonyl (C=O) groups is 1. The van der Waals surface area contributed by atoms with E-state index in [4.69, 9.17) is 11.6 Å². The van der Waals surface area contributed by atoms with Crippen molar-refractivity contribution >= 4 is 17.5 Å². The zero-order valence-corrected chi connectivity index (χ0v) is 13.0. The Kier molecular flexibility index (Phi) is 5.90. The van der Waals surface area contributed by atoms with E-state index in [-0.39, 0.29) is 11.9 Å². The van der Waals surface area contributed by atoms with Crippen LogP contribution in [0.2, 0.25) is 0 Å². The zero-order chi connectivity index (χ0) is 14.4. The zero-order valence-electron chi connectivity index (χ0n) is 12.2. The van der Waals surface area contributed by atoms with Gasteiger partial charge in [0, 0.05) is 17.5 Å². The third-order valence-electron chi connectivity index (χ3n) is 4.34. The second-order valence-corrected chi connectivity index (χ2v) is 6.11. The molecule has 2 rings (SSSR count). The number of carbonyl (C=O) groups excluding carboxylic acids is 1. The Morgan fingerprint density at radius 2 is 1.80 bits per heavy atom. The minimum atomic E-state index is 0.0304. The Morgan fingerprint density at radius 3 is 2.35 bits per heavy atom. The van der Waals surface area contributed by atoms with Crippen LogP contribution in [0.4, 0.5) is 0 Å². The van der Waals surface area contributed by atoms with E-state index in [1.54, 1.807) is 0 Å². The average Bonchev–Trinajstić information content (AvgIpc) is 2.76. The number of amides is 1. The summed E-state index contributed by atoms with van der Waals surface area (Å²) in [5.41, 5.74) is 1.76. The summed E-state index contributed by atoms with van der Waals surface area (Å²) in [7, 11) is 0. The van der Waals surface area contributed by atoms with Crippen molar-refractivity contribution in [3.8, 4) is 0 Å². The molecule has 1 aromatic rings. The van der Waals surface area contributed by atoms with Crippen LogP contribution < -0.4 is 5.32 Å². The summed E-state index contributed by atoms with van der Waals surface area (Å²) in [4.78, 5) is 12.2. The molecule has 3 heteroatoms. The van der Waals surface area contributed by atoms with Crippen LogP contribution in [0.5, 0.6) is 0 Å². The molecule has 0 radical (unpaired) electrons. The van der Waals surface area contributed by atoms with E-state index in [2.05, 4.69) is 12.2 Å². The lowest BCUT2D eigenvalue weighted by molar-refractivity contribution is 0.0924. The number of benzene rings is 1. The molecule has 1 N–H and O–H groups in total. The Labute approximate surface area is 126 Å². The monoisotopic (exact) mass is 293 g/mol. The molecule has 0 aliphatic heterocycles. The van der Waals surface area contributed by atoms with Crippen LogP contribution in [0.25, 0.3) is 0 Å². The predicted molar refractivity (Wildman–Crippen MR) is 84.1 cm³/mol. The van der Waals surface area contributed by atoms with E-state index in [1.807, 2.05) is 24.3 Å². The third-order valence-corrected chi connectivity index (χ3v) is 4.64. The Hall–Kier alpha value is -1.02. The maximum absolute atomic E-state index is 12.2. The minimum Gasteiger partial charge on any atom is -0.349 e. The highest BCUT2D eigenvalue weighted by molar-refractivity contribution is 6.17. The van der Waals surface area contributed by atoms with Gasteiger partial charge in [-0.25, -0.2) is 0 Å². The molecule has 1 amide bonds. The van der Waals surface area contributed by atoms with Gasteiger partial charge < -0.3 is 5.32 Å². The average molecular weight is 294 g/mol. The summed E-state index contributed by atoms with van der Waals surface area (Å²) >= 11 is 5.76. The second-order valence-electron chi connectivity index (χ2n) is 5.84. The number of rotatable bonds is 4. The molecular weight excluding hydrogens is 270 g/mol. The van der Waals surface area contributed by atoms with E-state index in [1.165, 1.54) is 38.5 Å². The van der Waals surface area contributed by atoms with Crippen LogP contribution in [-0.4, -0.2) is 11.9 Å². The molecule has 0 saturated heterocycles. The van der Waals surface area contributed by atoms with Gasteiger partial charge in [0.05, 0.1) is 0 Å². The Balaban J connectivity index is 1.91. The molecule has 2 nitrogen and oxygen atoms in total. The smallest absolute Gasteiger partial charge is 0.251 e. The first-order valence-corrected chi connectivity index (χ1v) is 8.20. The van der Waals surface area contributed by atoms with Gasteiger partial charge in [0.15, 0.2) is 0 Å². The molecule has 0 spiro atoms. The van der Waals surface area contributed by atoms with Gasteiger partial charge in [-0.3, -0.25) is 4.79 Å². The van der Waals surface area contributed by atoms with Crippen LogP contribution in [0.1, 0.15) is 61.4 Å². The van der Waals surface area contributed by atoms with Gasteiger partial charge in [-0.2, -0.15) is 0 Å². The van der Waals surface area contributed by atoms with Gasteiger partial charge >= 0.3 is 0 Å². The highest BCUT2D eigenvalue weighted by Crippen LogP contribution is 2.25. The number of hydrogen-bond acceptors (Lipinski definition) is 1. The quantitative estimate of drug-likeness (QED) is 0.642. The Bertz CT molecular complexity index is 421. The molecule has 20 heavy (non-hydrogen) atoms. The highest BCUT2D eigenvalue weighted by Gasteiger charge is 2.20. The van der Waals surface area contributed by atoms with Crippen molar-refractivity contribution < 1.29 is 4.79 Å². The highest BCUT2D eigenvalue weighted by atomic mass is 35.5. The first-order valence-electron chi connectivity index (χ1n) is 7.66. The summed E-state index contributed by atoms with van der Waals surface area (Å²) in [5, 5.41) is 3.16. The summed E-state index contributed by atoms with van der Waals surface area (Å²) < 4.78 is 0. The van der Waals surface area contributed by atoms with E-state index >= 15 is 0 Å². The van der Waals surface area contributed by atoms with Crippen molar-refractivity contribution in [2.24, 2.45) is 5.92 Å². The van der Waals surface area contributed by atoms with E-state index in [0.29, 0.717) is 11.8 Å². The van der Waals surface area contributed by atoms with Gasteiger partial charge in [-0.15, -0.1) is 11.6 Å². The summed E-state index contributed by atoms with van der Waals surface area (Å²) in [6.07, 6.45) is 7.78. The van der Waals surface area contributed by atoms with Crippen molar-refractivity contribution in [2.45, 2.75) is 57.4 Å². The molecule has 1 fully saturated rings. The van der Waals surface area contributed by atoms with Crippen molar-refractivity contribution in [2.75, 3.05) is 0 Å². The third kappa shape index (κ3) is 4.24. The fourth-order valence-electron chi connectivity index (χ4n) is 2.96. The van der Waals surface area contributed by atoms with Gasteiger partial charge in [-0.1, -0.05) is 37.8 Å². The lowest BCUT2D eigenvalue weighted by Crippen LogP contribution is -2.38. The molecule has 0 bridgehead atoms. The number of halogens is 1. The van der Waals surface area contributed by atoms with E-state index in [0.717, 1.165) is 11.1 Å². The molecule has 110 valence electrons. The van der Waals surface area contributed by atoms with Crippen molar-refractivity contribution in [3.63, 3.8) is 0 Å². The summed E-state index contributed by atoms with van der Waals surface area (Å²) in [5.74, 6) is 1.15. The van der Waals surface area contributed by atoms with Gasteiger partial charge in [0.25, 0.3) is 5.91 Å². The standard InChI is InChI=1S/C17H24ClNO/c1-13(15-6-4-2-3-5-7-15)19-17(20)16-10-8-14(12-18)9-11-16/h8-11,13,15H,2-7,12H2,1H3,(H,19,20)/t13-/m1/s1. The van der Waals surface area contributed by atoms with Crippen molar-refractivity contribution in [1.29, 1.82) is 0 Å². The minimum absolute atomic E-state index is 0.0304. The lowest BCUT2D eigenvalue weighted by Gasteiger charge is -2.23. The Morgan fingerprint density at radius 1 is 1.20 bits per heavy atom. The van der Waals surface area contributed by atoms with Crippen LogP contribution in [0.15, 0.2) is 24.3 Å². The second kappa shape index (κ2) is 7.68. The van der Waals surface area contributed by atoms with E-state index < -0.39 is 0 Å². The molecule has 1 atom stereocenters. The SMILES string of the molecule is C[C@@H](NC(=O)c1ccc(CCl)cc1)C1CCCCCC1. The molecular formula is C17H24ClNO. The number of hydrogen-bond donors (Lipinski definition) is 1. The van der Waals surface area contributed by atoms with Crippen LogP contribution in [-0.2, 0) is 5.88 Å². The van der Waals surface area contributed by atoms with Crippen molar-refractivity contribution in [1.82, 2.24) is 5.32 Å². The van der Waals surface area contributed by atoms with Gasteiger partial charge in [0.2, 0.25) is 0 Å². The molecule has 0 unspecified atom stereocenters. The first kappa shape index (κ1) is 15.4. The maximum atomic E-state index is 12.2. The summed E-state index contributed by atoms with van der Waals surface area (Å²) in [6, 6.07) is 7.80. The topological polar surface area (TPSA) is 29.1 Å². The van der Waals surface area contributed by atoms with Crippen LogP contribution in [0.3, 0.4) is 0 Å². The van der Waals surface area contributed by atoms with Crippen molar-refractivity contribution in [3.05, 3.63) is 35.4 Å². The van der Waals surface area contributed by atoms with Crippen LogP contribution >= 0.6 is 11.6 Å².